The lowest BCUT2D eigenvalue weighted by molar-refractivity contribution is -0.385. The summed E-state index contributed by atoms with van der Waals surface area (Å²) in [6.07, 6.45) is 1.11. The van der Waals surface area contributed by atoms with Gasteiger partial charge in [-0.2, -0.15) is 0 Å². The third-order valence-electron chi connectivity index (χ3n) is 2.91. The first-order valence-corrected chi connectivity index (χ1v) is 7.96. The van der Waals surface area contributed by atoms with Crippen molar-refractivity contribution in [3.8, 4) is 0 Å². The van der Waals surface area contributed by atoms with Crippen LogP contribution in [0, 0.1) is 17.0 Å². The van der Waals surface area contributed by atoms with Gasteiger partial charge in [0, 0.05) is 31.3 Å². The molecule has 1 aromatic rings. The Morgan fingerprint density at radius 2 is 2.05 bits per heavy atom. The molecule has 0 aliphatic heterocycles. The summed E-state index contributed by atoms with van der Waals surface area (Å²) in [6.45, 7) is 3.08. The second-order valence-corrected chi connectivity index (χ2v) is 6.56. The molecule has 1 N–H and O–H groups in total. The first-order valence-electron chi connectivity index (χ1n) is 6.07. The van der Waals surface area contributed by atoms with Gasteiger partial charge in [-0.15, -0.1) is 0 Å². The summed E-state index contributed by atoms with van der Waals surface area (Å²) in [5.74, 6) is 0. The monoisotopic (exact) mass is 301 g/mol. The lowest BCUT2D eigenvalue weighted by atomic mass is 10.1. The summed E-state index contributed by atoms with van der Waals surface area (Å²) < 4.78 is 24.3. The number of benzene rings is 1. The van der Waals surface area contributed by atoms with Crippen LogP contribution in [0.15, 0.2) is 18.2 Å². The Hall–Kier alpha value is -1.51. The SMILES string of the molecule is Cc1c(CN(C)CCNS(C)(=O)=O)cccc1[N+](=O)[O-]. The standard InChI is InChI=1S/C12H19N3O4S/c1-10-11(5-4-6-12(10)15(16)17)9-14(2)8-7-13-20(3,18)19/h4-6,13H,7-9H2,1-3H3. The van der Waals surface area contributed by atoms with E-state index < -0.39 is 14.9 Å². The fraction of sp³-hybridized carbons (Fsp3) is 0.500. The molecule has 0 unspecified atom stereocenters. The number of rotatable bonds is 7. The van der Waals surface area contributed by atoms with Crippen LogP contribution in [0.5, 0.6) is 0 Å². The molecule has 0 saturated heterocycles. The number of hydrogen-bond acceptors (Lipinski definition) is 5. The zero-order valence-corrected chi connectivity index (χ0v) is 12.6. The molecule has 0 heterocycles. The Bertz CT molecular complexity index is 586. The largest absolute Gasteiger partial charge is 0.301 e. The maximum atomic E-state index is 10.9. The van der Waals surface area contributed by atoms with E-state index in [1.165, 1.54) is 6.07 Å². The van der Waals surface area contributed by atoms with Crippen molar-refractivity contribution in [3.05, 3.63) is 39.4 Å². The number of nitrogens with one attached hydrogen (secondary N) is 1. The van der Waals surface area contributed by atoms with E-state index in [1.807, 2.05) is 18.0 Å². The molecular formula is C12H19N3O4S. The molecule has 0 fully saturated rings. The minimum absolute atomic E-state index is 0.102. The molecule has 7 nitrogen and oxygen atoms in total. The highest BCUT2D eigenvalue weighted by molar-refractivity contribution is 7.88. The normalized spacial score (nSPS) is 11.8. The first kappa shape index (κ1) is 16.5. The number of hydrogen-bond donors (Lipinski definition) is 1. The summed E-state index contributed by atoms with van der Waals surface area (Å²) >= 11 is 0. The van der Waals surface area contributed by atoms with E-state index >= 15 is 0 Å². The van der Waals surface area contributed by atoms with Crippen molar-refractivity contribution in [1.82, 2.24) is 9.62 Å². The van der Waals surface area contributed by atoms with Crippen LogP contribution in [0.2, 0.25) is 0 Å². The minimum atomic E-state index is -3.18. The van der Waals surface area contributed by atoms with Gasteiger partial charge in [0.2, 0.25) is 10.0 Å². The van der Waals surface area contributed by atoms with Gasteiger partial charge in [0.25, 0.3) is 5.69 Å². The number of nitro groups is 1. The lowest BCUT2D eigenvalue weighted by Crippen LogP contribution is -2.32. The summed E-state index contributed by atoms with van der Waals surface area (Å²) in [6, 6.07) is 4.97. The molecule has 0 spiro atoms. The number of nitro benzene ring substituents is 1. The third-order valence-corrected chi connectivity index (χ3v) is 3.64. The predicted octanol–water partition coefficient (Wildman–Crippen LogP) is 0.884. The maximum Gasteiger partial charge on any atom is 0.272 e. The van der Waals surface area contributed by atoms with Crippen molar-refractivity contribution in [2.75, 3.05) is 26.4 Å². The first-order chi connectivity index (χ1) is 9.20. The van der Waals surface area contributed by atoms with Gasteiger partial charge in [-0.25, -0.2) is 13.1 Å². The molecule has 1 rings (SSSR count). The quantitative estimate of drug-likeness (QED) is 0.596. The number of sulfonamides is 1. The molecule has 20 heavy (non-hydrogen) atoms. The van der Waals surface area contributed by atoms with Crippen LogP contribution in [-0.4, -0.2) is 44.6 Å². The van der Waals surface area contributed by atoms with Gasteiger partial charge in [-0.05, 0) is 19.5 Å². The van der Waals surface area contributed by atoms with Gasteiger partial charge in [-0.1, -0.05) is 12.1 Å². The molecule has 0 radical (unpaired) electrons. The van der Waals surface area contributed by atoms with Crippen LogP contribution in [-0.2, 0) is 16.6 Å². The summed E-state index contributed by atoms with van der Waals surface area (Å²) in [7, 11) is -1.35. The second kappa shape index (κ2) is 6.78. The van der Waals surface area contributed by atoms with Crippen molar-refractivity contribution >= 4 is 15.7 Å². The molecule has 0 aromatic heterocycles. The molecule has 0 saturated carbocycles. The molecule has 0 bridgehead atoms. The van der Waals surface area contributed by atoms with E-state index in [4.69, 9.17) is 0 Å². The molecule has 0 amide bonds. The van der Waals surface area contributed by atoms with E-state index in [9.17, 15) is 18.5 Å². The average molecular weight is 301 g/mol. The summed E-state index contributed by atoms with van der Waals surface area (Å²) in [5.41, 5.74) is 1.60. The number of nitrogens with zero attached hydrogens (tertiary/aromatic N) is 2. The maximum absolute atomic E-state index is 10.9. The topological polar surface area (TPSA) is 92.6 Å². The zero-order chi connectivity index (χ0) is 15.3. The molecule has 8 heteroatoms. The fourth-order valence-corrected chi connectivity index (χ4v) is 2.29. The summed E-state index contributed by atoms with van der Waals surface area (Å²) in [4.78, 5) is 12.4. The Balaban J connectivity index is 2.65. The highest BCUT2D eigenvalue weighted by Crippen LogP contribution is 2.21. The van der Waals surface area contributed by atoms with E-state index in [1.54, 1.807) is 13.0 Å². The molecule has 1 aromatic carbocycles. The van der Waals surface area contributed by atoms with Crippen molar-refractivity contribution < 1.29 is 13.3 Å². The average Bonchev–Trinajstić information content (AvgIpc) is 2.29. The Morgan fingerprint density at radius 1 is 1.40 bits per heavy atom. The lowest BCUT2D eigenvalue weighted by Gasteiger charge is -2.17. The zero-order valence-electron chi connectivity index (χ0n) is 11.8. The van der Waals surface area contributed by atoms with Crippen molar-refractivity contribution in [3.63, 3.8) is 0 Å². The van der Waals surface area contributed by atoms with Crippen LogP contribution in [0.3, 0.4) is 0 Å². The molecule has 0 aliphatic carbocycles. The van der Waals surface area contributed by atoms with Gasteiger partial charge in [-0.3, -0.25) is 10.1 Å². The van der Waals surface area contributed by atoms with Crippen LogP contribution >= 0.6 is 0 Å². The van der Waals surface area contributed by atoms with E-state index in [2.05, 4.69) is 4.72 Å². The molecule has 112 valence electrons. The van der Waals surface area contributed by atoms with Crippen LogP contribution < -0.4 is 4.72 Å². The highest BCUT2D eigenvalue weighted by Gasteiger charge is 2.14. The molecule has 0 aliphatic rings. The van der Waals surface area contributed by atoms with Gasteiger partial charge in [0.05, 0.1) is 11.2 Å². The second-order valence-electron chi connectivity index (χ2n) is 4.72. The van der Waals surface area contributed by atoms with Crippen molar-refractivity contribution in [1.29, 1.82) is 0 Å². The van der Waals surface area contributed by atoms with Crippen molar-refractivity contribution in [2.45, 2.75) is 13.5 Å². The Labute approximate surface area is 118 Å². The van der Waals surface area contributed by atoms with Gasteiger partial charge in [0.1, 0.15) is 0 Å². The number of likely N-dealkylation sites (N-methyl/N-ethyl adjacent to an activating group) is 1. The van der Waals surface area contributed by atoms with Crippen LogP contribution in [0.25, 0.3) is 0 Å². The third kappa shape index (κ3) is 5.24. The highest BCUT2D eigenvalue weighted by atomic mass is 32.2. The fourth-order valence-electron chi connectivity index (χ4n) is 1.83. The van der Waals surface area contributed by atoms with Gasteiger partial charge < -0.3 is 4.90 Å². The van der Waals surface area contributed by atoms with Crippen LogP contribution in [0.4, 0.5) is 5.69 Å². The van der Waals surface area contributed by atoms with Crippen molar-refractivity contribution in [2.24, 2.45) is 0 Å². The Morgan fingerprint density at radius 3 is 2.60 bits per heavy atom. The molecular weight excluding hydrogens is 282 g/mol. The van der Waals surface area contributed by atoms with E-state index in [0.717, 1.165) is 11.8 Å². The predicted molar refractivity (Wildman–Crippen MR) is 77.0 cm³/mol. The van der Waals surface area contributed by atoms with Gasteiger partial charge in [0.15, 0.2) is 0 Å². The Kier molecular flexibility index (Phi) is 5.61. The smallest absolute Gasteiger partial charge is 0.272 e. The summed E-state index contributed by atoms with van der Waals surface area (Å²) in [5, 5.41) is 10.9. The van der Waals surface area contributed by atoms with Crippen LogP contribution in [0.1, 0.15) is 11.1 Å². The molecule has 0 atom stereocenters. The van der Waals surface area contributed by atoms with E-state index in [-0.39, 0.29) is 5.69 Å². The van der Waals surface area contributed by atoms with E-state index in [0.29, 0.717) is 25.2 Å². The minimum Gasteiger partial charge on any atom is -0.301 e. The van der Waals surface area contributed by atoms with Gasteiger partial charge >= 0.3 is 0 Å².